The maximum Gasteiger partial charge on any atom is 0.342 e. The molecule has 0 bridgehead atoms. The molecular weight excluding hydrogens is 484 g/mol. The zero-order chi connectivity index (χ0) is 26.1. The van der Waals surface area contributed by atoms with Crippen molar-refractivity contribution in [2.24, 2.45) is 0 Å². The number of carbonyl (C=O) groups is 2. The van der Waals surface area contributed by atoms with Crippen molar-refractivity contribution in [3.8, 4) is 28.5 Å². The SMILES string of the molecule is O=C(Nc1ccc(-c2cc(C3CC3)n(C(=O)NCCc3ccccc3)n2)c(O)c1)c1ccc2c(c1)OCO2. The molecule has 1 aromatic heterocycles. The van der Waals surface area contributed by atoms with E-state index in [9.17, 15) is 14.7 Å². The predicted molar refractivity (Wildman–Crippen MR) is 141 cm³/mol. The molecule has 192 valence electrons. The minimum atomic E-state index is -0.345. The monoisotopic (exact) mass is 510 g/mol. The summed E-state index contributed by atoms with van der Waals surface area (Å²) < 4.78 is 12.0. The van der Waals surface area contributed by atoms with Crippen LogP contribution < -0.4 is 20.1 Å². The molecule has 2 heterocycles. The van der Waals surface area contributed by atoms with Crippen molar-refractivity contribution in [3.63, 3.8) is 0 Å². The van der Waals surface area contributed by atoms with E-state index in [0.29, 0.717) is 40.6 Å². The Bertz CT molecular complexity index is 1510. The van der Waals surface area contributed by atoms with Gasteiger partial charge in [-0.2, -0.15) is 9.78 Å². The molecule has 1 saturated carbocycles. The summed E-state index contributed by atoms with van der Waals surface area (Å²) in [6.07, 6.45) is 2.72. The summed E-state index contributed by atoms with van der Waals surface area (Å²) in [6.45, 7) is 0.620. The van der Waals surface area contributed by atoms with Gasteiger partial charge in [-0.25, -0.2) is 4.79 Å². The van der Waals surface area contributed by atoms with Crippen molar-refractivity contribution in [2.75, 3.05) is 18.7 Å². The summed E-state index contributed by atoms with van der Waals surface area (Å²) in [5, 5.41) is 21.0. The number of aromatic hydroxyl groups is 1. The largest absolute Gasteiger partial charge is 0.507 e. The van der Waals surface area contributed by atoms with E-state index in [-0.39, 0.29) is 30.4 Å². The Hall–Kier alpha value is -4.79. The lowest BCUT2D eigenvalue weighted by molar-refractivity contribution is 0.102. The van der Waals surface area contributed by atoms with Crippen molar-refractivity contribution in [2.45, 2.75) is 25.2 Å². The molecule has 1 aliphatic heterocycles. The second-order valence-corrected chi connectivity index (χ2v) is 9.36. The highest BCUT2D eigenvalue weighted by atomic mass is 16.7. The van der Waals surface area contributed by atoms with Crippen LogP contribution in [-0.2, 0) is 6.42 Å². The molecule has 0 unspecified atom stereocenters. The first-order chi connectivity index (χ1) is 18.5. The van der Waals surface area contributed by atoms with Gasteiger partial charge in [0.15, 0.2) is 11.5 Å². The Kier molecular flexibility index (Phi) is 6.17. The molecule has 9 heteroatoms. The van der Waals surface area contributed by atoms with Gasteiger partial charge >= 0.3 is 6.03 Å². The Morgan fingerprint density at radius 3 is 2.58 bits per heavy atom. The topological polar surface area (TPSA) is 115 Å². The molecule has 1 fully saturated rings. The number of aromatic nitrogens is 2. The third-order valence-electron chi connectivity index (χ3n) is 6.62. The van der Waals surface area contributed by atoms with Crippen LogP contribution in [0.2, 0.25) is 0 Å². The highest BCUT2D eigenvalue weighted by Gasteiger charge is 2.30. The Morgan fingerprint density at radius 1 is 0.974 bits per heavy atom. The first-order valence-corrected chi connectivity index (χ1v) is 12.5. The van der Waals surface area contributed by atoms with E-state index in [0.717, 1.165) is 30.5 Å². The van der Waals surface area contributed by atoms with E-state index < -0.39 is 0 Å². The fourth-order valence-electron chi connectivity index (χ4n) is 4.46. The molecule has 2 aliphatic rings. The maximum absolute atomic E-state index is 13.0. The number of fused-ring (bicyclic) bond motifs is 1. The van der Waals surface area contributed by atoms with Gasteiger partial charge in [0.25, 0.3) is 5.91 Å². The van der Waals surface area contributed by atoms with E-state index >= 15 is 0 Å². The van der Waals surface area contributed by atoms with Crippen molar-refractivity contribution in [1.29, 1.82) is 0 Å². The molecule has 38 heavy (non-hydrogen) atoms. The highest BCUT2D eigenvalue weighted by molar-refractivity contribution is 6.05. The number of carbonyl (C=O) groups excluding carboxylic acids is 2. The van der Waals surface area contributed by atoms with E-state index in [1.54, 1.807) is 30.3 Å². The standard InChI is InChI=1S/C29H26N4O5/c34-25-15-21(31-28(35)20-8-11-26-27(14-20)38-17-37-26)9-10-22(25)23-16-24(19-6-7-19)33(32-23)29(36)30-13-12-18-4-2-1-3-5-18/h1-5,8-11,14-16,19,34H,6-7,12-13,17H2,(H,30,36)(H,31,35). The van der Waals surface area contributed by atoms with Crippen LogP contribution in [0, 0.1) is 0 Å². The van der Waals surface area contributed by atoms with Gasteiger partial charge in [-0.1, -0.05) is 30.3 Å². The number of rotatable bonds is 7. The average Bonchev–Trinajstić information content (AvgIpc) is 3.49. The molecule has 3 N–H and O–H groups in total. The van der Waals surface area contributed by atoms with E-state index in [2.05, 4.69) is 15.7 Å². The quantitative estimate of drug-likeness (QED) is 0.325. The number of hydrogen-bond donors (Lipinski definition) is 3. The Labute approximate surface area is 219 Å². The third-order valence-corrected chi connectivity index (χ3v) is 6.62. The molecule has 1 aliphatic carbocycles. The fourth-order valence-corrected chi connectivity index (χ4v) is 4.46. The molecule has 0 spiro atoms. The first-order valence-electron chi connectivity index (χ1n) is 12.5. The van der Waals surface area contributed by atoms with Crippen LogP contribution in [0.3, 0.4) is 0 Å². The second kappa shape index (κ2) is 9.93. The van der Waals surface area contributed by atoms with Gasteiger partial charge in [-0.3, -0.25) is 4.79 Å². The molecule has 2 amide bonds. The van der Waals surface area contributed by atoms with Crippen LogP contribution in [0.4, 0.5) is 10.5 Å². The van der Waals surface area contributed by atoms with Crippen LogP contribution in [0.1, 0.15) is 40.4 Å². The normalized spacial score (nSPS) is 13.8. The Balaban J connectivity index is 1.16. The lowest BCUT2D eigenvalue weighted by atomic mass is 10.1. The number of benzene rings is 3. The number of anilines is 1. The fraction of sp³-hybridized carbons (Fsp3) is 0.207. The molecule has 0 atom stereocenters. The molecule has 9 nitrogen and oxygen atoms in total. The van der Waals surface area contributed by atoms with E-state index in [4.69, 9.17) is 9.47 Å². The third kappa shape index (κ3) is 4.90. The number of phenolic OH excluding ortho intramolecular Hbond substituents is 1. The highest BCUT2D eigenvalue weighted by Crippen LogP contribution is 2.42. The van der Waals surface area contributed by atoms with Crippen molar-refractivity contribution < 1.29 is 24.2 Å². The Morgan fingerprint density at radius 2 is 1.79 bits per heavy atom. The van der Waals surface area contributed by atoms with Crippen molar-refractivity contribution in [1.82, 2.24) is 15.1 Å². The van der Waals surface area contributed by atoms with Gasteiger partial charge in [0.05, 0.1) is 11.4 Å². The zero-order valence-electron chi connectivity index (χ0n) is 20.5. The summed E-state index contributed by atoms with van der Waals surface area (Å²) in [7, 11) is 0. The van der Waals surface area contributed by atoms with Crippen LogP contribution >= 0.6 is 0 Å². The van der Waals surface area contributed by atoms with Crippen molar-refractivity contribution in [3.05, 3.63) is 89.6 Å². The van der Waals surface area contributed by atoms with Gasteiger partial charge in [0.1, 0.15) is 5.75 Å². The van der Waals surface area contributed by atoms with Crippen molar-refractivity contribution >= 4 is 17.6 Å². The summed E-state index contributed by atoms with van der Waals surface area (Å²) in [5.41, 5.74) is 3.78. The van der Waals surface area contributed by atoms with Crippen LogP contribution in [-0.4, -0.2) is 40.2 Å². The number of ether oxygens (including phenoxy) is 2. The van der Waals surface area contributed by atoms with E-state index in [1.807, 2.05) is 36.4 Å². The molecule has 4 aromatic rings. The van der Waals surface area contributed by atoms with Gasteiger partial charge in [-0.05, 0) is 61.2 Å². The maximum atomic E-state index is 13.0. The molecule has 0 saturated heterocycles. The molecular formula is C29H26N4O5. The van der Waals surface area contributed by atoms with Gasteiger partial charge < -0.3 is 25.2 Å². The lowest BCUT2D eigenvalue weighted by Gasteiger charge is -2.09. The number of hydrogen-bond acceptors (Lipinski definition) is 6. The predicted octanol–water partition coefficient (Wildman–Crippen LogP) is 4.91. The van der Waals surface area contributed by atoms with Gasteiger partial charge in [0.2, 0.25) is 6.79 Å². The lowest BCUT2D eigenvalue weighted by Crippen LogP contribution is -2.32. The van der Waals surface area contributed by atoms with E-state index in [1.165, 1.54) is 10.7 Å². The van der Waals surface area contributed by atoms with Crippen LogP contribution in [0.25, 0.3) is 11.3 Å². The second-order valence-electron chi connectivity index (χ2n) is 9.36. The number of nitrogens with zero attached hydrogens (tertiary/aromatic N) is 2. The first kappa shape index (κ1) is 23.6. The molecule has 6 rings (SSSR count). The molecule has 0 radical (unpaired) electrons. The summed E-state index contributed by atoms with van der Waals surface area (Å²) in [4.78, 5) is 25.7. The van der Waals surface area contributed by atoms with Crippen LogP contribution in [0.5, 0.6) is 17.2 Å². The minimum Gasteiger partial charge on any atom is -0.507 e. The average molecular weight is 511 g/mol. The van der Waals surface area contributed by atoms with Gasteiger partial charge in [0, 0.05) is 35.3 Å². The zero-order valence-corrected chi connectivity index (χ0v) is 20.5. The van der Waals surface area contributed by atoms with Gasteiger partial charge in [-0.15, -0.1) is 0 Å². The molecule has 3 aromatic carbocycles. The summed E-state index contributed by atoms with van der Waals surface area (Å²) >= 11 is 0. The summed E-state index contributed by atoms with van der Waals surface area (Å²) in [5.74, 6) is 0.992. The smallest absolute Gasteiger partial charge is 0.342 e. The number of nitrogens with one attached hydrogen (secondary N) is 2. The minimum absolute atomic E-state index is 0.0510. The number of amides is 2. The number of phenols is 1. The summed E-state index contributed by atoms with van der Waals surface area (Å²) in [6, 6.07) is 21.3. The van der Waals surface area contributed by atoms with Crippen LogP contribution in [0.15, 0.2) is 72.8 Å².